The van der Waals surface area contributed by atoms with Crippen molar-refractivity contribution in [3.63, 3.8) is 0 Å². The molecule has 3 fully saturated rings. The average Bonchev–Trinajstić information content (AvgIpc) is 2.78. The Hall–Kier alpha value is 0. The van der Waals surface area contributed by atoms with Crippen molar-refractivity contribution in [1.29, 1.82) is 0 Å². The number of fused-ring (bicyclic) bond motifs is 1. The van der Waals surface area contributed by atoms with Crippen molar-refractivity contribution in [2.24, 2.45) is 35.5 Å². The highest BCUT2D eigenvalue weighted by molar-refractivity contribution is 4.86. The minimum absolute atomic E-state index is 1.07. The first-order chi connectivity index (χ1) is 14.3. The number of unbranched alkanes of at least 4 members (excludes halogenated alkanes) is 2. The van der Waals surface area contributed by atoms with Crippen molar-refractivity contribution in [3.05, 3.63) is 0 Å². The zero-order chi connectivity index (χ0) is 20.3. The predicted octanol–water partition coefficient (Wildman–Crippen LogP) is 9.96. The second-order valence-electron chi connectivity index (χ2n) is 11.6. The monoisotopic (exact) mass is 402 g/mol. The summed E-state index contributed by atoms with van der Waals surface area (Å²) in [6, 6.07) is 0. The van der Waals surface area contributed by atoms with Gasteiger partial charge in [-0.3, -0.25) is 0 Å². The van der Waals surface area contributed by atoms with Gasteiger partial charge in [-0.2, -0.15) is 0 Å². The van der Waals surface area contributed by atoms with Crippen LogP contribution in [0.3, 0.4) is 0 Å². The van der Waals surface area contributed by atoms with Gasteiger partial charge in [0.25, 0.3) is 0 Å². The zero-order valence-electron chi connectivity index (χ0n) is 20.3. The Labute approximate surface area is 184 Å². The Morgan fingerprint density at radius 3 is 1.76 bits per heavy atom. The lowest BCUT2D eigenvalue weighted by atomic mass is 9.64. The zero-order valence-corrected chi connectivity index (χ0v) is 20.3. The molecule has 3 saturated carbocycles. The molecule has 0 amide bonds. The van der Waals surface area contributed by atoms with E-state index >= 15 is 0 Å². The molecule has 4 unspecified atom stereocenters. The van der Waals surface area contributed by atoms with E-state index in [0.717, 1.165) is 35.5 Å². The maximum Gasteiger partial charge on any atom is -0.0380 e. The lowest BCUT2D eigenvalue weighted by Gasteiger charge is -2.41. The van der Waals surface area contributed by atoms with Crippen LogP contribution in [0.1, 0.15) is 149 Å². The quantitative estimate of drug-likeness (QED) is 0.371. The first-order valence-corrected chi connectivity index (χ1v) is 14.3. The topological polar surface area (TPSA) is 0 Å². The maximum absolute atomic E-state index is 2.39. The molecule has 0 aromatic heterocycles. The van der Waals surface area contributed by atoms with Gasteiger partial charge in [0.05, 0.1) is 0 Å². The van der Waals surface area contributed by atoms with Gasteiger partial charge in [-0.1, -0.05) is 117 Å². The van der Waals surface area contributed by atoms with Crippen LogP contribution in [-0.4, -0.2) is 0 Å². The molecule has 0 saturated heterocycles. The van der Waals surface area contributed by atoms with E-state index in [9.17, 15) is 0 Å². The molecular weight excluding hydrogens is 348 g/mol. The smallest absolute Gasteiger partial charge is 0.0380 e. The fraction of sp³-hybridized carbons (Fsp3) is 1.00. The highest BCUT2D eigenvalue weighted by atomic mass is 14.4. The molecule has 3 aliphatic carbocycles. The Morgan fingerprint density at radius 1 is 0.448 bits per heavy atom. The normalized spacial score (nSPS) is 37.4. The molecule has 0 spiro atoms. The van der Waals surface area contributed by atoms with Crippen molar-refractivity contribution in [3.8, 4) is 0 Å². The van der Waals surface area contributed by atoms with Crippen molar-refractivity contribution in [2.45, 2.75) is 149 Å². The number of hydrogen-bond acceptors (Lipinski definition) is 0. The van der Waals surface area contributed by atoms with Gasteiger partial charge in [0.2, 0.25) is 0 Å². The van der Waals surface area contributed by atoms with Crippen LogP contribution >= 0.6 is 0 Å². The molecule has 0 heteroatoms. The maximum atomic E-state index is 2.39. The highest BCUT2D eigenvalue weighted by Crippen LogP contribution is 2.46. The second-order valence-corrected chi connectivity index (χ2v) is 11.6. The van der Waals surface area contributed by atoms with Crippen molar-refractivity contribution >= 4 is 0 Å². The Kier molecular flexibility index (Phi) is 10.9. The molecule has 3 rings (SSSR count). The van der Waals surface area contributed by atoms with Crippen molar-refractivity contribution in [2.75, 3.05) is 0 Å². The number of hydrogen-bond donors (Lipinski definition) is 0. The second kappa shape index (κ2) is 13.4. The molecule has 0 bridgehead atoms. The van der Waals surface area contributed by atoms with Crippen LogP contribution < -0.4 is 0 Å². The van der Waals surface area contributed by atoms with Crippen LogP contribution in [0.25, 0.3) is 0 Å². The van der Waals surface area contributed by atoms with E-state index in [-0.39, 0.29) is 0 Å². The minimum Gasteiger partial charge on any atom is -0.0654 e. The molecule has 0 heterocycles. The first-order valence-electron chi connectivity index (χ1n) is 14.3. The summed E-state index contributed by atoms with van der Waals surface area (Å²) in [7, 11) is 0. The van der Waals surface area contributed by atoms with E-state index in [4.69, 9.17) is 0 Å². The summed E-state index contributed by atoms with van der Waals surface area (Å²) in [6.45, 7) is 4.75. The summed E-state index contributed by atoms with van der Waals surface area (Å²) >= 11 is 0. The van der Waals surface area contributed by atoms with Crippen LogP contribution in [0.2, 0.25) is 0 Å². The van der Waals surface area contributed by atoms with Gasteiger partial charge in [0.15, 0.2) is 0 Å². The van der Waals surface area contributed by atoms with Gasteiger partial charge in [0.1, 0.15) is 0 Å². The molecular formula is C29H54. The standard InChI is InChI=1S/C29H54/c1-3-5-9-13-25-18-21-26-14-10-7-6-8-11-15-28(23-29(26)22-25)27-19-16-24(12-4-2)17-20-27/h24-29H,3-23H2,1-2H3. The van der Waals surface area contributed by atoms with Gasteiger partial charge in [-0.05, 0) is 67.6 Å². The van der Waals surface area contributed by atoms with Crippen LogP contribution in [-0.2, 0) is 0 Å². The highest BCUT2D eigenvalue weighted by Gasteiger charge is 2.35. The van der Waals surface area contributed by atoms with E-state index in [1.165, 1.54) is 64.2 Å². The molecule has 0 aliphatic heterocycles. The molecule has 4 atom stereocenters. The van der Waals surface area contributed by atoms with E-state index in [1.807, 2.05) is 0 Å². The first kappa shape index (κ1) is 23.7. The summed E-state index contributed by atoms with van der Waals surface area (Å²) in [6.07, 6.45) is 32.3. The average molecular weight is 403 g/mol. The summed E-state index contributed by atoms with van der Waals surface area (Å²) in [4.78, 5) is 0. The lowest BCUT2D eigenvalue weighted by molar-refractivity contribution is 0.0991. The molecule has 170 valence electrons. The van der Waals surface area contributed by atoms with E-state index in [1.54, 1.807) is 70.6 Å². The van der Waals surface area contributed by atoms with E-state index in [0.29, 0.717) is 0 Å². The Balaban J connectivity index is 1.59. The fourth-order valence-electron chi connectivity index (χ4n) is 7.67. The molecule has 29 heavy (non-hydrogen) atoms. The molecule has 0 nitrogen and oxygen atoms in total. The third-order valence-electron chi connectivity index (χ3n) is 9.47. The van der Waals surface area contributed by atoms with Crippen LogP contribution in [0, 0.1) is 35.5 Å². The summed E-state index contributed by atoms with van der Waals surface area (Å²) in [5.41, 5.74) is 0. The minimum atomic E-state index is 1.07. The molecule has 0 aromatic rings. The lowest BCUT2D eigenvalue weighted by Crippen LogP contribution is -2.30. The van der Waals surface area contributed by atoms with Gasteiger partial charge in [-0.15, -0.1) is 0 Å². The predicted molar refractivity (Wildman–Crippen MR) is 129 cm³/mol. The Morgan fingerprint density at radius 2 is 1.07 bits per heavy atom. The summed E-state index contributed by atoms with van der Waals surface area (Å²) < 4.78 is 0. The summed E-state index contributed by atoms with van der Waals surface area (Å²) in [5.74, 6) is 6.50. The van der Waals surface area contributed by atoms with E-state index < -0.39 is 0 Å². The van der Waals surface area contributed by atoms with Crippen molar-refractivity contribution in [1.82, 2.24) is 0 Å². The Bertz CT molecular complexity index is 404. The van der Waals surface area contributed by atoms with Gasteiger partial charge >= 0.3 is 0 Å². The largest absolute Gasteiger partial charge is 0.0654 e. The molecule has 3 aliphatic rings. The van der Waals surface area contributed by atoms with Crippen molar-refractivity contribution < 1.29 is 0 Å². The summed E-state index contributed by atoms with van der Waals surface area (Å²) in [5, 5.41) is 0. The van der Waals surface area contributed by atoms with Crippen LogP contribution in [0.15, 0.2) is 0 Å². The third kappa shape index (κ3) is 7.88. The van der Waals surface area contributed by atoms with Gasteiger partial charge in [-0.25, -0.2) is 0 Å². The van der Waals surface area contributed by atoms with Gasteiger partial charge < -0.3 is 0 Å². The fourth-order valence-corrected chi connectivity index (χ4v) is 7.67. The van der Waals surface area contributed by atoms with Gasteiger partial charge in [0, 0.05) is 0 Å². The molecule has 0 aromatic carbocycles. The number of rotatable bonds is 7. The molecule has 0 radical (unpaired) electrons. The van der Waals surface area contributed by atoms with E-state index in [2.05, 4.69) is 13.8 Å². The van der Waals surface area contributed by atoms with Crippen LogP contribution in [0.4, 0.5) is 0 Å². The SMILES string of the molecule is CCCCCC1CCC2CCCCCCCC(C3CCC(CCC)CC3)CC2C1. The van der Waals surface area contributed by atoms with Crippen LogP contribution in [0.5, 0.6) is 0 Å². The molecule has 0 N–H and O–H groups in total. The third-order valence-corrected chi connectivity index (χ3v) is 9.47.